The van der Waals surface area contributed by atoms with Crippen molar-refractivity contribution < 1.29 is 13.5 Å². The monoisotopic (exact) mass is 367 g/mol. The SMILES string of the molecule is [B]c1ncc(C)c(-n2c(C)cc(OCc3ncc(F)cc3F)cc2=O)c1C. The van der Waals surface area contributed by atoms with E-state index in [-0.39, 0.29) is 23.6 Å². The van der Waals surface area contributed by atoms with Gasteiger partial charge in [-0.1, -0.05) is 0 Å². The highest BCUT2D eigenvalue weighted by atomic mass is 19.1. The zero-order valence-corrected chi connectivity index (χ0v) is 15.1. The summed E-state index contributed by atoms with van der Waals surface area (Å²) in [6.45, 7) is 5.16. The van der Waals surface area contributed by atoms with Crippen LogP contribution in [0.5, 0.6) is 5.75 Å². The Hall–Kier alpha value is -3.03. The van der Waals surface area contributed by atoms with Gasteiger partial charge in [-0.2, -0.15) is 0 Å². The molecule has 3 aromatic heterocycles. The van der Waals surface area contributed by atoms with Gasteiger partial charge in [-0.05, 0) is 37.5 Å². The van der Waals surface area contributed by atoms with Gasteiger partial charge in [0.2, 0.25) is 0 Å². The van der Waals surface area contributed by atoms with E-state index in [2.05, 4.69) is 9.97 Å². The third-order valence-electron chi connectivity index (χ3n) is 4.18. The van der Waals surface area contributed by atoms with Gasteiger partial charge in [-0.3, -0.25) is 19.3 Å². The Kier molecular flexibility index (Phi) is 5.07. The zero-order valence-electron chi connectivity index (χ0n) is 15.1. The van der Waals surface area contributed by atoms with E-state index >= 15 is 0 Å². The molecule has 136 valence electrons. The first-order chi connectivity index (χ1) is 12.8. The molecular formula is C19H16BF2N3O2. The summed E-state index contributed by atoms with van der Waals surface area (Å²) >= 11 is 0. The van der Waals surface area contributed by atoms with Crippen LogP contribution in [-0.2, 0) is 6.61 Å². The van der Waals surface area contributed by atoms with Crippen molar-refractivity contribution in [3.8, 4) is 11.4 Å². The Morgan fingerprint density at radius 2 is 1.85 bits per heavy atom. The molecule has 0 aromatic carbocycles. The number of hydrogen-bond donors (Lipinski definition) is 0. The van der Waals surface area contributed by atoms with Crippen molar-refractivity contribution in [2.45, 2.75) is 27.4 Å². The summed E-state index contributed by atoms with van der Waals surface area (Å²) in [6, 6.07) is 3.68. The molecule has 3 heterocycles. The van der Waals surface area contributed by atoms with Crippen LogP contribution in [0.15, 0.2) is 35.4 Å². The summed E-state index contributed by atoms with van der Waals surface area (Å²) in [7, 11) is 5.87. The van der Waals surface area contributed by atoms with Gasteiger partial charge in [0.25, 0.3) is 5.56 Å². The predicted octanol–water partition coefficient (Wildman–Crippen LogP) is 2.20. The molecule has 5 nitrogen and oxygen atoms in total. The van der Waals surface area contributed by atoms with Crippen LogP contribution >= 0.6 is 0 Å². The number of ether oxygens (including phenoxy) is 1. The van der Waals surface area contributed by atoms with Crippen molar-refractivity contribution in [2.24, 2.45) is 0 Å². The van der Waals surface area contributed by atoms with Crippen molar-refractivity contribution in [2.75, 3.05) is 0 Å². The topological polar surface area (TPSA) is 57.0 Å². The minimum absolute atomic E-state index is 0.0492. The Balaban J connectivity index is 1.94. The molecule has 0 fully saturated rings. The highest BCUT2D eigenvalue weighted by molar-refractivity contribution is 6.31. The standard InChI is InChI=1S/C19H16BF2N3O2/c1-10-7-24-19(20)12(3)18(10)25-11(2)4-14(6-17(25)26)27-9-16-15(22)5-13(21)8-23-16/h4-8H,9H2,1-3H3. The molecule has 0 amide bonds. The lowest BCUT2D eigenvalue weighted by atomic mass is 9.95. The normalized spacial score (nSPS) is 10.9. The van der Waals surface area contributed by atoms with E-state index in [1.54, 1.807) is 26.1 Å². The average molecular weight is 367 g/mol. The van der Waals surface area contributed by atoms with E-state index < -0.39 is 11.6 Å². The molecule has 0 atom stereocenters. The lowest BCUT2D eigenvalue weighted by molar-refractivity contribution is 0.292. The summed E-state index contributed by atoms with van der Waals surface area (Å²) in [4.78, 5) is 20.4. The van der Waals surface area contributed by atoms with Crippen molar-refractivity contribution in [1.29, 1.82) is 0 Å². The molecule has 3 aromatic rings. The van der Waals surface area contributed by atoms with Gasteiger partial charge in [-0.25, -0.2) is 8.78 Å². The number of hydrogen-bond acceptors (Lipinski definition) is 4. The highest BCUT2D eigenvalue weighted by Crippen LogP contribution is 2.20. The maximum absolute atomic E-state index is 13.7. The molecule has 0 saturated heterocycles. The third-order valence-corrected chi connectivity index (χ3v) is 4.18. The van der Waals surface area contributed by atoms with Crippen LogP contribution in [0.25, 0.3) is 5.69 Å². The number of aryl methyl sites for hydroxylation is 2. The van der Waals surface area contributed by atoms with Gasteiger partial charge in [-0.15, -0.1) is 0 Å². The largest absolute Gasteiger partial charge is 0.487 e. The molecule has 0 aliphatic heterocycles. The first-order valence-corrected chi connectivity index (χ1v) is 8.16. The lowest BCUT2D eigenvalue weighted by Gasteiger charge is -2.17. The van der Waals surface area contributed by atoms with Crippen molar-refractivity contribution in [3.05, 3.63) is 75.1 Å². The van der Waals surface area contributed by atoms with Crippen LogP contribution < -0.4 is 15.9 Å². The van der Waals surface area contributed by atoms with Crippen LogP contribution in [-0.4, -0.2) is 22.4 Å². The number of pyridine rings is 3. The molecule has 27 heavy (non-hydrogen) atoms. The molecule has 8 heteroatoms. The first kappa shape index (κ1) is 18.8. The molecule has 0 spiro atoms. The van der Waals surface area contributed by atoms with E-state index in [0.29, 0.717) is 22.5 Å². The second-order valence-corrected chi connectivity index (χ2v) is 6.18. The van der Waals surface area contributed by atoms with Gasteiger partial charge >= 0.3 is 0 Å². The van der Waals surface area contributed by atoms with Gasteiger partial charge in [0, 0.05) is 30.1 Å². The first-order valence-electron chi connectivity index (χ1n) is 8.16. The zero-order chi connectivity index (χ0) is 19.7. The van der Waals surface area contributed by atoms with Crippen LogP contribution in [0.1, 0.15) is 22.5 Å². The highest BCUT2D eigenvalue weighted by Gasteiger charge is 2.14. The average Bonchev–Trinajstić information content (AvgIpc) is 2.60. The number of aromatic nitrogens is 3. The summed E-state index contributed by atoms with van der Waals surface area (Å²) in [5, 5.41) is 0. The maximum Gasteiger partial charge on any atom is 0.259 e. The fourth-order valence-electron chi connectivity index (χ4n) is 2.83. The van der Waals surface area contributed by atoms with Crippen LogP contribution in [0.4, 0.5) is 8.78 Å². The minimum atomic E-state index is -0.807. The van der Waals surface area contributed by atoms with Crippen LogP contribution in [0, 0.1) is 32.4 Å². The van der Waals surface area contributed by atoms with Gasteiger partial charge in [0.1, 0.15) is 31.7 Å². The molecule has 0 N–H and O–H groups in total. The second-order valence-electron chi connectivity index (χ2n) is 6.18. The Morgan fingerprint density at radius 1 is 1.11 bits per heavy atom. The lowest BCUT2D eigenvalue weighted by Crippen LogP contribution is -2.25. The Labute approximate surface area is 156 Å². The molecule has 0 bridgehead atoms. The number of nitrogens with zero attached hydrogens (tertiary/aromatic N) is 3. The van der Waals surface area contributed by atoms with Gasteiger partial charge in [0.05, 0.1) is 11.9 Å². The predicted molar refractivity (Wildman–Crippen MR) is 97.9 cm³/mol. The smallest absolute Gasteiger partial charge is 0.259 e. The van der Waals surface area contributed by atoms with Crippen LogP contribution in [0.2, 0.25) is 0 Å². The maximum atomic E-state index is 13.7. The summed E-state index contributed by atoms with van der Waals surface area (Å²) < 4.78 is 33.6. The molecular weight excluding hydrogens is 351 g/mol. The second kappa shape index (κ2) is 7.30. The van der Waals surface area contributed by atoms with Crippen molar-refractivity contribution >= 4 is 13.4 Å². The molecule has 0 unspecified atom stereocenters. The third kappa shape index (κ3) is 3.74. The molecule has 2 radical (unpaired) electrons. The van der Waals surface area contributed by atoms with E-state index in [4.69, 9.17) is 12.6 Å². The molecule has 0 aliphatic rings. The Morgan fingerprint density at radius 3 is 2.52 bits per heavy atom. The fraction of sp³-hybridized carbons (Fsp3) is 0.211. The van der Waals surface area contributed by atoms with E-state index in [9.17, 15) is 13.6 Å². The quantitative estimate of drug-likeness (QED) is 0.664. The minimum Gasteiger partial charge on any atom is -0.487 e. The van der Waals surface area contributed by atoms with Gasteiger partial charge < -0.3 is 4.74 Å². The van der Waals surface area contributed by atoms with Crippen molar-refractivity contribution in [3.63, 3.8) is 0 Å². The summed E-state index contributed by atoms with van der Waals surface area (Å²) in [5.74, 6) is -1.31. The molecule has 0 saturated carbocycles. The molecule has 0 aliphatic carbocycles. The Bertz CT molecular complexity index is 1080. The molecule has 3 rings (SSSR count). The van der Waals surface area contributed by atoms with Gasteiger partial charge in [0.15, 0.2) is 5.82 Å². The van der Waals surface area contributed by atoms with E-state index in [1.807, 2.05) is 6.92 Å². The number of halogens is 2. The van der Waals surface area contributed by atoms with E-state index in [0.717, 1.165) is 17.8 Å². The fourth-order valence-corrected chi connectivity index (χ4v) is 2.83. The van der Waals surface area contributed by atoms with Crippen molar-refractivity contribution in [1.82, 2.24) is 14.5 Å². The number of rotatable bonds is 4. The summed E-state index contributed by atoms with van der Waals surface area (Å²) in [5.41, 5.74) is 2.76. The summed E-state index contributed by atoms with van der Waals surface area (Å²) in [6.07, 6.45) is 2.52. The van der Waals surface area contributed by atoms with Crippen LogP contribution in [0.3, 0.4) is 0 Å². The van der Waals surface area contributed by atoms with E-state index in [1.165, 1.54) is 10.6 Å².